The van der Waals surface area contributed by atoms with Crippen LogP contribution in [0.2, 0.25) is 0 Å². The van der Waals surface area contributed by atoms with Crippen LogP contribution in [0.15, 0.2) is 42.9 Å². The molecule has 1 fully saturated rings. The lowest BCUT2D eigenvalue weighted by atomic mass is 10.1. The van der Waals surface area contributed by atoms with Crippen LogP contribution in [0.1, 0.15) is 31.3 Å². The highest BCUT2D eigenvalue weighted by molar-refractivity contribution is 5.75. The predicted octanol–water partition coefficient (Wildman–Crippen LogP) is 3.16. The summed E-state index contributed by atoms with van der Waals surface area (Å²) in [5, 5.41) is 3.11. The number of aromatic nitrogens is 3. The fourth-order valence-electron chi connectivity index (χ4n) is 4.00. The Balaban J connectivity index is 1.45. The van der Waals surface area contributed by atoms with Crippen molar-refractivity contribution in [1.82, 2.24) is 24.6 Å². The van der Waals surface area contributed by atoms with E-state index in [4.69, 9.17) is 0 Å². The Hall–Kier alpha value is -3.16. The Bertz CT molecular complexity index is 1030. The number of urea groups is 1. The first-order valence-electron chi connectivity index (χ1n) is 9.80. The number of carbonyl (C=O) groups excluding carboxylic acids is 1. The molecule has 2 amide bonds. The van der Waals surface area contributed by atoms with E-state index in [1.807, 2.05) is 55.0 Å². The molecule has 0 saturated carbocycles. The van der Waals surface area contributed by atoms with Crippen LogP contribution in [-0.2, 0) is 0 Å². The molecule has 1 N–H and O–H groups in total. The van der Waals surface area contributed by atoms with E-state index in [0.29, 0.717) is 25.3 Å². The van der Waals surface area contributed by atoms with Crippen LogP contribution in [0, 0.1) is 12.7 Å². The summed E-state index contributed by atoms with van der Waals surface area (Å²) in [6.45, 7) is 7.62. The van der Waals surface area contributed by atoms with Crippen LogP contribution < -0.4 is 10.2 Å². The van der Waals surface area contributed by atoms with Crippen molar-refractivity contribution in [3.63, 3.8) is 0 Å². The molecular weight excluding hydrogens is 371 g/mol. The van der Waals surface area contributed by atoms with Crippen molar-refractivity contribution in [1.29, 1.82) is 0 Å². The van der Waals surface area contributed by atoms with Crippen LogP contribution in [0.5, 0.6) is 0 Å². The number of pyridine rings is 2. The van der Waals surface area contributed by atoms with Crippen LogP contribution >= 0.6 is 0 Å². The van der Waals surface area contributed by atoms with Crippen molar-refractivity contribution in [2.24, 2.45) is 0 Å². The van der Waals surface area contributed by atoms with Gasteiger partial charge in [0.25, 0.3) is 0 Å². The van der Waals surface area contributed by atoms with E-state index < -0.39 is 0 Å². The SMILES string of the molecule is Cc1cnc2cccc([C@@H](C)NC(=O)N3CCN(c4ccncc4F)C[C@H]3C)n12. The summed E-state index contributed by atoms with van der Waals surface area (Å²) in [5.41, 5.74) is 3.40. The predicted molar refractivity (Wildman–Crippen MR) is 109 cm³/mol. The zero-order valence-electron chi connectivity index (χ0n) is 16.8. The van der Waals surface area contributed by atoms with Gasteiger partial charge in [-0.05, 0) is 39.0 Å². The van der Waals surface area contributed by atoms with Crippen molar-refractivity contribution < 1.29 is 9.18 Å². The number of halogens is 1. The van der Waals surface area contributed by atoms with E-state index in [-0.39, 0.29) is 23.9 Å². The van der Waals surface area contributed by atoms with E-state index in [0.717, 1.165) is 17.0 Å². The number of aryl methyl sites for hydroxylation is 1. The monoisotopic (exact) mass is 396 g/mol. The summed E-state index contributed by atoms with van der Waals surface area (Å²) in [7, 11) is 0. The first-order chi connectivity index (χ1) is 14.0. The quantitative estimate of drug-likeness (QED) is 0.739. The van der Waals surface area contributed by atoms with Crippen molar-refractivity contribution in [3.8, 4) is 0 Å². The molecule has 4 rings (SSSR count). The van der Waals surface area contributed by atoms with Crippen LogP contribution in [0.25, 0.3) is 5.65 Å². The topological polar surface area (TPSA) is 65.8 Å². The second-order valence-electron chi connectivity index (χ2n) is 7.53. The van der Waals surface area contributed by atoms with Gasteiger partial charge >= 0.3 is 6.03 Å². The van der Waals surface area contributed by atoms with Gasteiger partial charge in [-0.2, -0.15) is 0 Å². The van der Waals surface area contributed by atoms with Gasteiger partial charge in [0.15, 0.2) is 5.82 Å². The molecule has 0 aliphatic carbocycles. The summed E-state index contributed by atoms with van der Waals surface area (Å²) in [6.07, 6.45) is 4.63. The molecule has 0 unspecified atom stereocenters. The Morgan fingerprint density at radius 2 is 2.10 bits per heavy atom. The van der Waals surface area contributed by atoms with Crippen LogP contribution in [0.3, 0.4) is 0 Å². The lowest BCUT2D eigenvalue weighted by molar-refractivity contribution is 0.168. The molecule has 1 aliphatic rings. The number of amides is 2. The van der Waals surface area contributed by atoms with E-state index in [9.17, 15) is 9.18 Å². The molecule has 7 nitrogen and oxygen atoms in total. The van der Waals surface area contributed by atoms with E-state index in [1.165, 1.54) is 6.20 Å². The van der Waals surface area contributed by atoms with Crippen molar-refractivity contribution in [2.75, 3.05) is 24.5 Å². The van der Waals surface area contributed by atoms with E-state index in [2.05, 4.69) is 19.7 Å². The Kier molecular flexibility index (Phi) is 5.08. The zero-order chi connectivity index (χ0) is 20.5. The number of nitrogens with one attached hydrogen (secondary N) is 1. The molecule has 0 bridgehead atoms. The first-order valence-corrected chi connectivity index (χ1v) is 9.80. The lowest BCUT2D eigenvalue weighted by Gasteiger charge is -2.41. The van der Waals surface area contributed by atoms with Gasteiger partial charge in [0.05, 0.1) is 17.9 Å². The van der Waals surface area contributed by atoms with Gasteiger partial charge in [-0.25, -0.2) is 14.2 Å². The second-order valence-corrected chi connectivity index (χ2v) is 7.53. The summed E-state index contributed by atoms with van der Waals surface area (Å²) in [4.78, 5) is 24.9. The van der Waals surface area contributed by atoms with Crippen molar-refractivity contribution in [3.05, 3.63) is 60.1 Å². The van der Waals surface area contributed by atoms with E-state index >= 15 is 0 Å². The average molecular weight is 396 g/mol. The fraction of sp³-hybridized carbons (Fsp3) is 0.381. The maximum Gasteiger partial charge on any atom is 0.318 e. The van der Waals surface area contributed by atoms with Crippen molar-refractivity contribution >= 4 is 17.4 Å². The molecule has 0 radical (unpaired) electrons. The molecule has 0 spiro atoms. The largest absolute Gasteiger partial charge is 0.365 e. The van der Waals surface area contributed by atoms with Crippen LogP contribution in [0.4, 0.5) is 14.9 Å². The minimum atomic E-state index is -0.338. The lowest BCUT2D eigenvalue weighted by Crippen LogP contribution is -2.57. The maximum absolute atomic E-state index is 14.0. The van der Waals surface area contributed by atoms with Gasteiger partial charge in [-0.15, -0.1) is 0 Å². The zero-order valence-corrected chi connectivity index (χ0v) is 16.8. The number of carbonyl (C=O) groups is 1. The van der Waals surface area contributed by atoms with Gasteiger partial charge in [-0.3, -0.25) is 9.38 Å². The highest BCUT2D eigenvalue weighted by Crippen LogP contribution is 2.22. The third kappa shape index (κ3) is 3.62. The molecule has 29 heavy (non-hydrogen) atoms. The molecule has 0 aromatic carbocycles. The van der Waals surface area contributed by atoms with Gasteiger partial charge < -0.3 is 15.1 Å². The molecule has 1 saturated heterocycles. The van der Waals surface area contributed by atoms with Gasteiger partial charge in [0.1, 0.15) is 5.65 Å². The molecule has 3 aromatic rings. The minimum absolute atomic E-state index is 0.0470. The third-order valence-electron chi connectivity index (χ3n) is 5.50. The number of hydrogen-bond donors (Lipinski definition) is 1. The number of rotatable bonds is 3. The number of nitrogens with zero attached hydrogens (tertiary/aromatic N) is 5. The highest BCUT2D eigenvalue weighted by Gasteiger charge is 2.29. The number of piperazine rings is 1. The Morgan fingerprint density at radius 3 is 2.86 bits per heavy atom. The smallest absolute Gasteiger partial charge is 0.318 e. The highest BCUT2D eigenvalue weighted by atomic mass is 19.1. The fourth-order valence-corrected chi connectivity index (χ4v) is 4.00. The summed E-state index contributed by atoms with van der Waals surface area (Å²) in [5.74, 6) is -0.338. The molecule has 152 valence electrons. The molecule has 1 aliphatic heterocycles. The molecule has 3 aromatic heterocycles. The Morgan fingerprint density at radius 1 is 1.28 bits per heavy atom. The third-order valence-corrected chi connectivity index (χ3v) is 5.50. The first kappa shape index (κ1) is 19.2. The number of anilines is 1. The molecule has 4 heterocycles. The van der Waals surface area contributed by atoms with Gasteiger partial charge in [0.2, 0.25) is 0 Å². The summed E-state index contributed by atoms with van der Waals surface area (Å²) >= 11 is 0. The maximum atomic E-state index is 14.0. The number of fused-ring (bicyclic) bond motifs is 1. The van der Waals surface area contributed by atoms with E-state index in [1.54, 1.807) is 12.3 Å². The minimum Gasteiger partial charge on any atom is -0.365 e. The number of imidazole rings is 1. The summed E-state index contributed by atoms with van der Waals surface area (Å²) < 4.78 is 16.1. The molecule has 8 heteroatoms. The average Bonchev–Trinajstić information content (AvgIpc) is 3.09. The normalized spacial score (nSPS) is 18.1. The number of hydrogen-bond acceptors (Lipinski definition) is 4. The Labute approximate surface area is 169 Å². The second kappa shape index (κ2) is 7.69. The van der Waals surface area contributed by atoms with Gasteiger partial charge in [0, 0.05) is 49.5 Å². The molecule has 2 atom stereocenters. The van der Waals surface area contributed by atoms with Crippen LogP contribution in [-0.4, -0.2) is 51.0 Å². The standard InChI is InChI=1S/C21H25FN6O/c1-14-11-24-20-6-4-5-18(28(14)20)16(3)25-21(29)27-10-9-26(13-15(27)2)19-7-8-23-12-17(19)22/h4-8,11-12,15-16H,9-10,13H2,1-3H3,(H,25,29)/t15-,16-/m1/s1. The van der Waals surface area contributed by atoms with Crippen molar-refractivity contribution in [2.45, 2.75) is 32.9 Å². The summed E-state index contributed by atoms with van der Waals surface area (Å²) in [6, 6.07) is 7.23. The molecular formula is C21H25FN6O. The van der Waals surface area contributed by atoms with Gasteiger partial charge in [-0.1, -0.05) is 6.07 Å².